The van der Waals surface area contributed by atoms with E-state index in [-0.39, 0.29) is 29.6 Å². The molecular weight excluding hydrogens is 197 g/mol. The monoisotopic (exact) mass is 201 g/mol. The molecule has 0 aromatic carbocycles. The molecule has 0 amide bonds. The SMILES string of the molecule is O=P(O)(O)OP(=O)(O)O.[Na]. The molecule has 0 fully saturated rings. The van der Waals surface area contributed by atoms with E-state index in [1.54, 1.807) is 0 Å². The third-order valence-electron chi connectivity index (χ3n) is 0.213. The topological polar surface area (TPSA) is 124 Å². The second-order valence-corrected chi connectivity index (χ2v) is 3.68. The fourth-order valence-electron chi connectivity index (χ4n) is 0.139. The van der Waals surface area contributed by atoms with Gasteiger partial charge in [-0.2, -0.15) is 4.31 Å². The van der Waals surface area contributed by atoms with Crippen molar-refractivity contribution < 1.29 is 33.0 Å². The van der Waals surface area contributed by atoms with Gasteiger partial charge < -0.3 is 19.6 Å². The summed E-state index contributed by atoms with van der Waals surface area (Å²) in [5, 5.41) is 0. The van der Waals surface area contributed by atoms with Crippen LogP contribution in [0.3, 0.4) is 0 Å². The van der Waals surface area contributed by atoms with Gasteiger partial charge in [-0.05, 0) is 0 Å². The van der Waals surface area contributed by atoms with Crippen LogP contribution in [0, 0.1) is 0 Å². The third-order valence-corrected chi connectivity index (χ3v) is 1.91. The van der Waals surface area contributed by atoms with Crippen molar-refractivity contribution in [1.29, 1.82) is 0 Å². The quantitative estimate of drug-likeness (QED) is 0.327. The summed E-state index contributed by atoms with van der Waals surface area (Å²) >= 11 is 0. The molecular formula is H4NaO7P2. The summed E-state index contributed by atoms with van der Waals surface area (Å²) in [5.74, 6) is 0. The van der Waals surface area contributed by atoms with Gasteiger partial charge in [0.25, 0.3) is 0 Å². The van der Waals surface area contributed by atoms with Crippen molar-refractivity contribution in [2.45, 2.75) is 0 Å². The first kappa shape index (κ1) is 13.8. The minimum Gasteiger partial charge on any atom is -0.302 e. The van der Waals surface area contributed by atoms with Crippen molar-refractivity contribution >= 4 is 45.2 Å². The van der Waals surface area contributed by atoms with Gasteiger partial charge in [-0.25, -0.2) is 9.13 Å². The maximum Gasteiger partial charge on any atom is 0.478 e. The van der Waals surface area contributed by atoms with E-state index in [1.807, 2.05) is 0 Å². The van der Waals surface area contributed by atoms with Crippen LogP contribution in [0.25, 0.3) is 0 Å². The molecule has 0 saturated heterocycles. The van der Waals surface area contributed by atoms with E-state index in [0.717, 1.165) is 0 Å². The standard InChI is InChI=1S/Na.H4O7P2/c;1-8(2,3)7-9(4,5)6/h;(H2,1,2,3)(H2,4,5,6). The van der Waals surface area contributed by atoms with Crippen LogP contribution in [0.4, 0.5) is 0 Å². The summed E-state index contributed by atoms with van der Waals surface area (Å²) in [7, 11) is -10.1. The fourth-order valence-corrected chi connectivity index (χ4v) is 1.25. The average molecular weight is 201 g/mol. The van der Waals surface area contributed by atoms with E-state index in [0.29, 0.717) is 0 Å². The molecule has 0 aliphatic heterocycles. The Balaban J connectivity index is 0. The second-order valence-electron chi connectivity index (χ2n) is 1.06. The van der Waals surface area contributed by atoms with Crippen molar-refractivity contribution in [1.82, 2.24) is 0 Å². The minimum absolute atomic E-state index is 0. The van der Waals surface area contributed by atoms with Crippen molar-refractivity contribution in [2.24, 2.45) is 0 Å². The van der Waals surface area contributed by atoms with Crippen LogP contribution < -0.4 is 0 Å². The molecule has 0 heterocycles. The molecule has 10 heteroatoms. The first-order valence-corrected chi connectivity index (χ1v) is 4.59. The van der Waals surface area contributed by atoms with Crippen LogP contribution in [0.5, 0.6) is 0 Å². The third kappa shape index (κ3) is 12.0. The Morgan fingerprint density at radius 3 is 1.10 bits per heavy atom. The molecule has 4 N–H and O–H groups in total. The maximum absolute atomic E-state index is 9.63. The molecule has 57 valence electrons. The van der Waals surface area contributed by atoms with Gasteiger partial charge in [-0.1, -0.05) is 0 Å². The maximum atomic E-state index is 9.63. The first-order valence-electron chi connectivity index (χ1n) is 1.53. The van der Waals surface area contributed by atoms with Gasteiger partial charge in [-0.15, -0.1) is 0 Å². The van der Waals surface area contributed by atoms with Crippen molar-refractivity contribution in [3.63, 3.8) is 0 Å². The summed E-state index contributed by atoms with van der Waals surface area (Å²) in [4.78, 5) is 31.0. The van der Waals surface area contributed by atoms with Crippen LogP contribution in [0.1, 0.15) is 0 Å². The Labute approximate surface area is 78.2 Å². The molecule has 0 rings (SSSR count). The van der Waals surface area contributed by atoms with E-state index in [4.69, 9.17) is 19.6 Å². The molecule has 0 saturated carbocycles. The summed E-state index contributed by atoms with van der Waals surface area (Å²) in [6.45, 7) is 0. The molecule has 0 aliphatic carbocycles. The molecule has 10 heavy (non-hydrogen) atoms. The predicted molar refractivity (Wildman–Crippen MR) is 30.9 cm³/mol. The van der Waals surface area contributed by atoms with Crippen molar-refractivity contribution in [3.05, 3.63) is 0 Å². The molecule has 0 bridgehead atoms. The smallest absolute Gasteiger partial charge is 0.302 e. The normalized spacial score (nSPS) is 12.4. The molecule has 0 atom stereocenters. The van der Waals surface area contributed by atoms with E-state index in [1.165, 1.54) is 0 Å². The van der Waals surface area contributed by atoms with E-state index in [9.17, 15) is 9.13 Å². The molecule has 0 aromatic rings. The molecule has 0 aromatic heterocycles. The Hall–Kier alpha value is 1.26. The van der Waals surface area contributed by atoms with Gasteiger partial charge in [0.1, 0.15) is 0 Å². The number of hydrogen-bond donors (Lipinski definition) is 4. The van der Waals surface area contributed by atoms with Crippen LogP contribution in [0.2, 0.25) is 0 Å². The van der Waals surface area contributed by atoms with Crippen LogP contribution in [-0.4, -0.2) is 49.1 Å². The Morgan fingerprint density at radius 1 is 0.900 bits per heavy atom. The van der Waals surface area contributed by atoms with E-state index in [2.05, 4.69) is 4.31 Å². The summed E-state index contributed by atoms with van der Waals surface area (Å²) < 4.78 is 22.2. The van der Waals surface area contributed by atoms with E-state index < -0.39 is 15.6 Å². The zero-order chi connectivity index (χ0) is 7.71. The first-order chi connectivity index (χ1) is 3.71. The largest absolute Gasteiger partial charge is 0.478 e. The summed E-state index contributed by atoms with van der Waals surface area (Å²) in [6.07, 6.45) is 0. The summed E-state index contributed by atoms with van der Waals surface area (Å²) in [5.41, 5.74) is 0. The van der Waals surface area contributed by atoms with Gasteiger partial charge in [0.2, 0.25) is 0 Å². The Kier molecular flexibility index (Phi) is 5.98. The Bertz CT molecular complexity index is 152. The molecule has 7 nitrogen and oxygen atoms in total. The predicted octanol–water partition coefficient (Wildman–Crippen LogP) is -1.19. The van der Waals surface area contributed by atoms with Crippen molar-refractivity contribution in [3.8, 4) is 0 Å². The average Bonchev–Trinajstić information content (AvgIpc) is 1.14. The number of hydrogen-bond acceptors (Lipinski definition) is 3. The Morgan fingerprint density at radius 2 is 1.10 bits per heavy atom. The summed E-state index contributed by atoms with van der Waals surface area (Å²) in [6, 6.07) is 0. The van der Waals surface area contributed by atoms with Crippen LogP contribution >= 0.6 is 15.6 Å². The molecule has 1 radical (unpaired) electrons. The number of phosphoric acid groups is 2. The molecule has 0 aliphatic rings. The molecule has 0 spiro atoms. The zero-order valence-electron chi connectivity index (χ0n) is 4.91. The van der Waals surface area contributed by atoms with Gasteiger partial charge in [-0.3, -0.25) is 0 Å². The second kappa shape index (κ2) is 4.33. The minimum atomic E-state index is -5.05. The van der Waals surface area contributed by atoms with Gasteiger partial charge in [0, 0.05) is 29.6 Å². The molecule has 0 unspecified atom stereocenters. The van der Waals surface area contributed by atoms with Crippen LogP contribution in [0.15, 0.2) is 0 Å². The van der Waals surface area contributed by atoms with Gasteiger partial charge in [0.05, 0.1) is 0 Å². The van der Waals surface area contributed by atoms with Gasteiger partial charge in [0.15, 0.2) is 0 Å². The zero-order valence-corrected chi connectivity index (χ0v) is 8.70. The van der Waals surface area contributed by atoms with Gasteiger partial charge >= 0.3 is 15.6 Å². The fraction of sp³-hybridized carbons (Fsp3) is 0. The van der Waals surface area contributed by atoms with Crippen molar-refractivity contribution in [2.75, 3.05) is 0 Å². The number of rotatable bonds is 2. The van der Waals surface area contributed by atoms with E-state index >= 15 is 0 Å². The van der Waals surface area contributed by atoms with Crippen LogP contribution in [-0.2, 0) is 13.4 Å².